The van der Waals surface area contributed by atoms with Gasteiger partial charge in [0.2, 0.25) is 0 Å². The normalized spacial score (nSPS) is 12.8. The van der Waals surface area contributed by atoms with E-state index in [-0.39, 0.29) is 6.04 Å². The van der Waals surface area contributed by atoms with Crippen molar-refractivity contribution in [2.24, 2.45) is 0 Å². The number of imidazole rings is 1. The molecule has 22 heavy (non-hydrogen) atoms. The maximum Gasteiger partial charge on any atom is 0.177 e. The van der Waals surface area contributed by atoms with Crippen molar-refractivity contribution in [3.05, 3.63) is 53.3 Å². The molecule has 0 aliphatic rings. The SMILES string of the molecule is Cc1ncc(-c2nc3c(cnn3[C@H](C)c3ccccc3)[nH]2)s1. The van der Waals surface area contributed by atoms with Gasteiger partial charge in [0.25, 0.3) is 0 Å². The lowest BCUT2D eigenvalue weighted by molar-refractivity contribution is 0.579. The van der Waals surface area contributed by atoms with Gasteiger partial charge in [-0.1, -0.05) is 30.3 Å². The molecular formula is C16H15N5S. The first-order valence-electron chi connectivity index (χ1n) is 7.13. The number of hydrogen-bond donors (Lipinski definition) is 1. The van der Waals surface area contributed by atoms with Crippen LogP contribution in [0.2, 0.25) is 0 Å². The predicted octanol–water partition coefficient (Wildman–Crippen LogP) is 3.80. The van der Waals surface area contributed by atoms with E-state index in [1.807, 2.05) is 42.2 Å². The molecule has 0 radical (unpaired) electrons. The number of benzene rings is 1. The summed E-state index contributed by atoms with van der Waals surface area (Å²) in [5.74, 6) is 0.854. The second-order valence-electron chi connectivity index (χ2n) is 5.24. The smallest absolute Gasteiger partial charge is 0.177 e. The van der Waals surface area contributed by atoms with Crippen molar-refractivity contribution in [3.8, 4) is 10.7 Å². The highest BCUT2D eigenvalue weighted by Crippen LogP contribution is 2.27. The number of nitrogens with zero attached hydrogens (tertiary/aromatic N) is 4. The van der Waals surface area contributed by atoms with Crippen molar-refractivity contribution < 1.29 is 0 Å². The Morgan fingerprint density at radius 3 is 2.73 bits per heavy atom. The number of hydrogen-bond acceptors (Lipinski definition) is 4. The van der Waals surface area contributed by atoms with E-state index in [2.05, 4.69) is 34.1 Å². The van der Waals surface area contributed by atoms with Gasteiger partial charge in [-0.15, -0.1) is 11.3 Å². The van der Waals surface area contributed by atoms with Crippen molar-refractivity contribution in [2.45, 2.75) is 19.9 Å². The van der Waals surface area contributed by atoms with Crippen LogP contribution >= 0.6 is 11.3 Å². The monoisotopic (exact) mass is 309 g/mol. The zero-order valence-electron chi connectivity index (χ0n) is 12.3. The molecule has 0 amide bonds. The number of thiazole rings is 1. The second-order valence-corrected chi connectivity index (χ2v) is 6.48. The number of H-pyrrole nitrogens is 1. The Hall–Kier alpha value is -2.47. The zero-order chi connectivity index (χ0) is 15.1. The van der Waals surface area contributed by atoms with Gasteiger partial charge in [-0.25, -0.2) is 14.6 Å². The maximum absolute atomic E-state index is 4.72. The lowest BCUT2D eigenvalue weighted by Crippen LogP contribution is -2.08. The minimum absolute atomic E-state index is 0.137. The Bertz CT molecular complexity index is 918. The van der Waals surface area contributed by atoms with E-state index < -0.39 is 0 Å². The van der Waals surface area contributed by atoms with Crippen LogP contribution in [0.15, 0.2) is 42.7 Å². The summed E-state index contributed by atoms with van der Waals surface area (Å²) < 4.78 is 1.96. The summed E-state index contributed by atoms with van der Waals surface area (Å²) in [6.45, 7) is 4.13. The second kappa shape index (κ2) is 5.06. The third kappa shape index (κ3) is 2.12. The molecule has 5 nitrogen and oxygen atoms in total. The molecule has 3 heterocycles. The summed E-state index contributed by atoms with van der Waals surface area (Å²) in [6.07, 6.45) is 3.69. The molecular weight excluding hydrogens is 294 g/mol. The Kier molecular flexibility index (Phi) is 3.04. The van der Waals surface area contributed by atoms with Crippen molar-refractivity contribution in [3.63, 3.8) is 0 Å². The van der Waals surface area contributed by atoms with Crippen LogP contribution in [-0.2, 0) is 0 Å². The van der Waals surface area contributed by atoms with Crippen molar-refractivity contribution in [1.29, 1.82) is 0 Å². The van der Waals surface area contributed by atoms with Crippen LogP contribution in [0.4, 0.5) is 0 Å². The van der Waals surface area contributed by atoms with Gasteiger partial charge in [-0.2, -0.15) is 5.10 Å². The highest BCUT2D eigenvalue weighted by molar-refractivity contribution is 7.14. The molecule has 110 valence electrons. The number of aryl methyl sites for hydroxylation is 1. The third-order valence-electron chi connectivity index (χ3n) is 3.74. The Morgan fingerprint density at radius 2 is 2.00 bits per heavy atom. The number of fused-ring (bicyclic) bond motifs is 1. The van der Waals surface area contributed by atoms with E-state index in [4.69, 9.17) is 4.98 Å². The standard InChI is InChI=1S/C16H15N5S/c1-10(12-6-4-3-5-7-12)21-16-13(8-18-21)19-15(20-16)14-9-17-11(2)22-14/h3-10H,1-2H3,(H,19,20)/t10-/m1/s1. The summed E-state index contributed by atoms with van der Waals surface area (Å²) in [4.78, 5) is 13.4. The summed E-state index contributed by atoms with van der Waals surface area (Å²) in [5.41, 5.74) is 3.03. The maximum atomic E-state index is 4.72. The highest BCUT2D eigenvalue weighted by atomic mass is 32.1. The van der Waals surface area contributed by atoms with Crippen LogP contribution in [0.3, 0.4) is 0 Å². The molecule has 4 rings (SSSR count). The molecule has 6 heteroatoms. The van der Waals surface area contributed by atoms with Crippen LogP contribution in [0.25, 0.3) is 21.9 Å². The van der Waals surface area contributed by atoms with Crippen LogP contribution in [0.5, 0.6) is 0 Å². The minimum Gasteiger partial charge on any atom is -0.335 e. The van der Waals surface area contributed by atoms with Crippen LogP contribution in [-0.4, -0.2) is 24.7 Å². The van der Waals surface area contributed by atoms with Crippen molar-refractivity contribution in [1.82, 2.24) is 24.7 Å². The molecule has 0 saturated heterocycles. The van der Waals surface area contributed by atoms with Gasteiger partial charge in [0, 0.05) is 6.20 Å². The molecule has 0 aliphatic heterocycles. The molecule has 0 bridgehead atoms. The number of aromatic nitrogens is 5. The molecule has 0 fully saturated rings. The van der Waals surface area contributed by atoms with E-state index in [0.717, 1.165) is 26.9 Å². The molecule has 1 N–H and O–H groups in total. The fourth-order valence-electron chi connectivity index (χ4n) is 2.56. The van der Waals surface area contributed by atoms with Gasteiger partial charge in [0.15, 0.2) is 11.5 Å². The van der Waals surface area contributed by atoms with E-state index in [0.29, 0.717) is 0 Å². The average Bonchev–Trinajstić information content (AvgIpc) is 3.22. The Morgan fingerprint density at radius 1 is 1.18 bits per heavy atom. The van der Waals surface area contributed by atoms with Crippen LogP contribution in [0.1, 0.15) is 23.5 Å². The quantitative estimate of drug-likeness (QED) is 0.626. The molecule has 1 atom stereocenters. The topological polar surface area (TPSA) is 59.4 Å². The van der Waals surface area contributed by atoms with E-state index in [1.165, 1.54) is 5.56 Å². The third-order valence-corrected chi connectivity index (χ3v) is 4.66. The highest BCUT2D eigenvalue weighted by Gasteiger charge is 2.16. The number of aromatic amines is 1. The molecule has 0 unspecified atom stereocenters. The Balaban J connectivity index is 1.78. The van der Waals surface area contributed by atoms with E-state index >= 15 is 0 Å². The molecule has 0 spiro atoms. The molecule has 0 aliphatic carbocycles. The average molecular weight is 309 g/mol. The fraction of sp³-hybridized carbons (Fsp3) is 0.188. The number of nitrogens with one attached hydrogen (secondary N) is 1. The predicted molar refractivity (Wildman–Crippen MR) is 88.0 cm³/mol. The lowest BCUT2D eigenvalue weighted by Gasteiger charge is -2.12. The molecule has 0 saturated carbocycles. The summed E-state index contributed by atoms with van der Waals surface area (Å²) in [7, 11) is 0. The zero-order valence-corrected chi connectivity index (χ0v) is 13.1. The first-order chi connectivity index (χ1) is 10.7. The van der Waals surface area contributed by atoms with Gasteiger partial charge >= 0.3 is 0 Å². The summed E-state index contributed by atoms with van der Waals surface area (Å²) in [5, 5.41) is 5.52. The summed E-state index contributed by atoms with van der Waals surface area (Å²) >= 11 is 1.64. The minimum atomic E-state index is 0.137. The van der Waals surface area contributed by atoms with Crippen LogP contribution in [0, 0.1) is 6.92 Å². The van der Waals surface area contributed by atoms with Crippen molar-refractivity contribution in [2.75, 3.05) is 0 Å². The van der Waals surface area contributed by atoms with E-state index in [1.54, 1.807) is 11.3 Å². The van der Waals surface area contributed by atoms with Gasteiger partial charge in [0.1, 0.15) is 5.52 Å². The van der Waals surface area contributed by atoms with Gasteiger partial charge in [-0.3, -0.25) is 0 Å². The fourth-order valence-corrected chi connectivity index (χ4v) is 3.28. The first kappa shape index (κ1) is 13.2. The van der Waals surface area contributed by atoms with Crippen molar-refractivity contribution >= 4 is 22.5 Å². The summed E-state index contributed by atoms with van der Waals surface area (Å²) in [6, 6.07) is 10.5. The molecule has 4 aromatic rings. The molecule has 3 aromatic heterocycles. The van der Waals surface area contributed by atoms with Gasteiger partial charge in [0.05, 0.1) is 22.1 Å². The molecule has 1 aromatic carbocycles. The van der Waals surface area contributed by atoms with E-state index in [9.17, 15) is 0 Å². The lowest BCUT2D eigenvalue weighted by atomic mass is 10.1. The van der Waals surface area contributed by atoms with Gasteiger partial charge < -0.3 is 4.98 Å². The van der Waals surface area contributed by atoms with Gasteiger partial charge in [-0.05, 0) is 19.4 Å². The largest absolute Gasteiger partial charge is 0.335 e. The van der Waals surface area contributed by atoms with Crippen LogP contribution < -0.4 is 0 Å². The number of rotatable bonds is 3. The Labute approximate surface area is 131 Å². The first-order valence-corrected chi connectivity index (χ1v) is 7.95.